The van der Waals surface area contributed by atoms with Crippen molar-refractivity contribution in [3.8, 4) is 5.75 Å². The molecule has 144 valence electrons. The molecule has 8 heteroatoms. The quantitative estimate of drug-likeness (QED) is 0.514. The minimum atomic E-state index is -0.610. The number of fused-ring (bicyclic) bond motifs is 1. The summed E-state index contributed by atoms with van der Waals surface area (Å²) in [6.07, 6.45) is -0.00790. The molecule has 0 bridgehead atoms. The standard InChI is InChI=1S/C19H19NO3S3.ClH/c21-17-13-3-1-2-4-14(13)23-15(5-6-20-7-9-24-10-8-20)18(22)16(17)19-25-11-12-26-19;/h1-4,11-12,15H,5-10H2;1H. The van der Waals surface area contributed by atoms with Gasteiger partial charge in [-0.25, -0.2) is 0 Å². The van der Waals surface area contributed by atoms with Crippen LogP contribution >= 0.6 is 47.7 Å². The molecule has 0 N–H and O–H groups in total. The van der Waals surface area contributed by atoms with Crippen LogP contribution in [-0.2, 0) is 4.79 Å². The molecule has 0 saturated carbocycles. The predicted molar refractivity (Wildman–Crippen MR) is 117 cm³/mol. The van der Waals surface area contributed by atoms with Gasteiger partial charge < -0.3 is 9.64 Å². The van der Waals surface area contributed by atoms with Crippen LogP contribution in [0.5, 0.6) is 5.75 Å². The third-order valence-corrected chi connectivity index (χ3v) is 7.66. The first-order valence-electron chi connectivity index (χ1n) is 8.61. The summed E-state index contributed by atoms with van der Waals surface area (Å²) in [5.74, 6) is 2.38. The number of benzene rings is 1. The Kier molecular flexibility index (Phi) is 7.39. The third kappa shape index (κ3) is 4.59. The van der Waals surface area contributed by atoms with Crippen molar-refractivity contribution in [3.05, 3.63) is 50.5 Å². The number of ether oxygens (including phenoxy) is 1. The number of nitrogens with zero attached hydrogens (tertiary/aromatic N) is 1. The number of rotatable bonds is 3. The Labute approximate surface area is 177 Å². The Bertz CT molecular complexity index is 780. The van der Waals surface area contributed by atoms with Crippen molar-refractivity contribution in [1.29, 1.82) is 0 Å². The second-order valence-electron chi connectivity index (χ2n) is 6.21. The first-order valence-corrected chi connectivity index (χ1v) is 11.5. The molecule has 0 amide bonds. The van der Waals surface area contributed by atoms with E-state index in [0.29, 0.717) is 17.7 Å². The lowest BCUT2D eigenvalue weighted by molar-refractivity contribution is -0.121. The van der Waals surface area contributed by atoms with Crippen LogP contribution in [-0.4, -0.2) is 53.7 Å². The van der Waals surface area contributed by atoms with Crippen LogP contribution in [0.3, 0.4) is 0 Å². The lowest BCUT2D eigenvalue weighted by atomic mass is 9.98. The number of para-hydroxylation sites is 1. The molecule has 0 spiro atoms. The van der Waals surface area contributed by atoms with Gasteiger partial charge in [0.15, 0.2) is 6.10 Å². The summed E-state index contributed by atoms with van der Waals surface area (Å²) in [6.45, 7) is 2.91. The van der Waals surface area contributed by atoms with E-state index in [-0.39, 0.29) is 29.5 Å². The van der Waals surface area contributed by atoms with E-state index in [1.165, 1.54) is 23.5 Å². The number of carbonyl (C=O) groups is 2. The van der Waals surface area contributed by atoms with Gasteiger partial charge in [-0.2, -0.15) is 11.8 Å². The van der Waals surface area contributed by atoms with Gasteiger partial charge in [-0.05, 0) is 22.9 Å². The van der Waals surface area contributed by atoms with Gasteiger partial charge in [-0.1, -0.05) is 35.7 Å². The Morgan fingerprint density at radius 2 is 1.78 bits per heavy atom. The molecule has 27 heavy (non-hydrogen) atoms. The molecule has 1 atom stereocenters. The fourth-order valence-electron chi connectivity index (χ4n) is 3.20. The van der Waals surface area contributed by atoms with E-state index in [1.54, 1.807) is 12.1 Å². The lowest BCUT2D eigenvalue weighted by Gasteiger charge is -2.27. The Morgan fingerprint density at radius 1 is 1.07 bits per heavy atom. The number of hydrogen-bond donors (Lipinski definition) is 0. The normalized spacial score (nSPS) is 22.9. The van der Waals surface area contributed by atoms with Crippen molar-refractivity contribution in [2.45, 2.75) is 12.5 Å². The average molecular weight is 442 g/mol. The molecule has 0 aliphatic carbocycles. The monoisotopic (exact) mass is 441 g/mol. The first kappa shape index (κ1) is 20.9. The Balaban J connectivity index is 0.00000210. The van der Waals surface area contributed by atoms with Crippen molar-refractivity contribution in [2.75, 3.05) is 31.1 Å². The molecule has 1 saturated heterocycles. The fraction of sp³-hybridized carbons (Fsp3) is 0.368. The Morgan fingerprint density at radius 3 is 2.52 bits per heavy atom. The number of hydrogen-bond acceptors (Lipinski definition) is 7. The zero-order chi connectivity index (χ0) is 17.9. The van der Waals surface area contributed by atoms with Crippen LogP contribution in [0, 0.1) is 0 Å². The molecule has 1 aromatic rings. The zero-order valence-corrected chi connectivity index (χ0v) is 17.9. The molecule has 3 aliphatic rings. The number of carbonyl (C=O) groups excluding carboxylic acids is 2. The van der Waals surface area contributed by atoms with Crippen LogP contribution in [0.15, 0.2) is 44.9 Å². The van der Waals surface area contributed by atoms with Gasteiger partial charge >= 0.3 is 0 Å². The van der Waals surface area contributed by atoms with Gasteiger partial charge in [-0.3, -0.25) is 9.59 Å². The van der Waals surface area contributed by atoms with Crippen LogP contribution in [0.1, 0.15) is 16.8 Å². The zero-order valence-electron chi connectivity index (χ0n) is 14.6. The molecule has 4 rings (SSSR count). The van der Waals surface area contributed by atoms with E-state index in [2.05, 4.69) is 4.90 Å². The second-order valence-corrected chi connectivity index (χ2v) is 9.52. The van der Waals surface area contributed by atoms with Crippen LogP contribution in [0.4, 0.5) is 0 Å². The molecule has 0 aromatic heterocycles. The molecule has 1 aromatic carbocycles. The SMILES string of the molecule is Cl.O=C1C(=C2SC=CS2)C(=O)C(CCN2CCSCC2)Oc2ccccc21. The maximum atomic E-state index is 13.2. The number of ketones is 2. The second kappa shape index (κ2) is 9.56. The number of thioether (sulfide) groups is 3. The summed E-state index contributed by atoms with van der Waals surface area (Å²) in [6, 6.07) is 7.18. The van der Waals surface area contributed by atoms with E-state index in [9.17, 15) is 9.59 Å². The minimum absolute atomic E-state index is 0. The minimum Gasteiger partial charge on any atom is -0.481 e. The van der Waals surface area contributed by atoms with Crippen molar-refractivity contribution in [1.82, 2.24) is 4.90 Å². The lowest BCUT2D eigenvalue weighted by Crippen LogP contribution is -2.38. The van der Waals surface area contributed by atoms with Crippen LogP contribution in [0.2, 0.25) is 0 Å². The van der Waals surface area contributed by atoms with Crippen molar-refractivity contribution < 1.29 is 14.3 Å². The van der Waals surface area contributed by atoms with E-state index < -0.39 is 6.10 Å². The van der Waals surface area contributed by atoms with Gasteiger partial charge in [-0.15, -0.1) is 12.4 Å². The van der Waals surface area contributed by atoms with Gasteiger partial charge in [0.2, 0.25) is 11.6 Å². The maximum Gasteiger partial charge on any atom is 0.208 e. The van der Waals surface area contributed by atoms with E-state index in [1.807, 2.05) is 34.7 Å². The largest absolute Gasteiger partial charge is 0.481 e. The molecule has 1 unspecified atom stereocenters. The number of halogens is 1. The van der Waals surface area contributed by atoms with Crippen LogP contribution < -0.4 is 4.74 Å². The highest BCUT2D eigenvalue weighted by atomic mass is 35.5. The van der Waals surface area contributed by atoms with Crippen LogP contribution in [0.25, 0.3) is 0 Å². The van der Waals surface area contributed by atoms with Gasteiger partial charge in [0, 0.05) is 37.6 Å². The Hall–Kier alpha value is -0.860. The molecule has 0 radical (unpaired) electrons. The summed E-state index contributed by atoms with van der Waals surface area (Å²) < 4.78 is 6.81. The summed E-state index contributed by atoms with van der Waals surface area (Å²) >= 11 is 4.85. The molecule has 3 aliphatic heterocycles. The third-order valence-electron chi connectivity index (χ3n) is 4.59. The average Bonchev–Trinajstić information content (AvgIpc) is 3.17. The van der Waals surface area contributed by atoms with Gasteiger partial charge in [0.1, 0.15) is 5.75 Å². The smallest absolute Gasteiger partial charge is 0.208 e. The highest BCUT2D eigenvalue weighted by Gasteiger charge is 2.37. The summed E-state index contributed by atoms with van der Waals surface area (Å²) in [5, 5.41) is 3.82. The van der Waals surface area contributed by atoms with Crippen molar-refractivity contribution >= 4 is 59.3 Å². The van der Waals surface area contributed by atoms with E-state index >= 15 is 0 Å². The summed E-state index contributed by atoms with van der Waals surface area (Å²) in [7, 11) is 0. The molecule has 4 nitrogen and oxygen atoms in total. The predicted octanol–water partition coefficient (Wildman–Crippen LogP) is 4.22. The summed E-state index contributed by atoms with van der Waals surface area (Å²) in [5.41, 5.74) is 0.766. The highest BCUT2D eigenvalue weighted by Crippen LogP contribution is 2.43. The molecular formula is C19H20ClNO3S3. The first-order chi connectivity index (χ1) is 12.7. The number of Topliss-reactive ketones (excluding diaryl/α,β-unsaturated/α-hetero) is 2. The van der Waals surface area contributed by atoms with Crippen molar-refractivity contribution in [3.63, 3.8) is 0 Å². The summed E-state index contributed by atoms with van der Waals surface area (Å²) in [4.78, 5) is 28.6. The maximum absolute atomic E-state index is 13.2. The van der Waals surface area contributed by atoms with Gasteiger partial charge in [0.05, 0.1) is 15.4 Å². The fourth-order valence-corrected chi connectivity index (χ4v) is 6.05. The van der Waals surface area contributed by atoms with E-state index in [4.69, 9.17) is 4.74 Å². The topological polar surface area (TPSA) is 46.6 Å². The van der Waals surface area contributed by atoms with Gasteiger partial charge in [0.25, 0.3) is 0 Å². The van der Waals surface area contributed by atoms with Crippen molar-refractivity contribution in [2.24, 2.45) is 0 Å². The molecular weight excluding hydrogens is 422 g/mol. The molecule has 1 fully saturated rings. The van der Waals surface area contributed by atoms with E-state index in [0.717, 1.165) is 35.4 Å². The molecule has 3 heterocycles. The highest BCUT2D eigenvalue weighted by molar-refractivity contribution is 8.27.